The van der Waals surface area contributed by atoms with Gasteiger partial charge in [0.05, 0.1) is 11.3 Å². The number of nitrogens with one attached hydrogen (secondary N) is 1. The fourth-order valence-corrected chi connectivity index (χ4v) is 3.68. The Hall–Kier alpha value is -3.17. The topological polar surface area (TPSA) is 84.3 Å². The van der Waals surface area contributed by atoms with Crippen LogP contribution in [0.4, 0.5) is 13.2 Å². The number of alkyl halides is 3. The molecule has 32 heavy (non-hydrogen) atoms. The van der Waals surface area contributed by atoms with Crippen LogP contribution in [0, 0.1) is 6.92 Å². The molecule has 1 aliphatic rings. The van der Waals surface area contributed by atoms with Crippen LogP contribution in [0.15, 0.2) is 35.1 Å². The van der Waals surface area contributed by atoms with E-state index in [-0.39, 0.29) is 23.8 Å². The first-order chi connectivity index (χ1) is 15.2. The lowest BCUT2D eigenvalue weighted by atomic mass is 10.1. The second-order valence-electron chi connectivity index (χ2n) is 7.73. The van der Waals surface area contributed by atoms with Gasteiger partial charge in [-0.15, -0.1) is 0 Å². The van der Waals surface area contributed by atoms with Gasteiger partial charge in [-0.25, -0.2) is 4.68 Å². The number of carbonyl (C=O) groups is 2. The average molecular weight is 450 g/mol. The molecule has 0 aliphatic carbocycles. The predicted molar refractivity (Wildman–Crippen MR) is 112 cm³/mol. The van der Waals surface area contributed by atoms with Crippen LogP contribution in [0.3, 0.4) is 0 Å². The van der Waals surface area contributed by atoms with Gasteiger partial charge < -0.3 is 10.2 Å². The molecule has 0 saturated carbocycles. The number of rotatable bonds is 6. The summed E-state index contributed by atoms with van der Waals surface area (Å²) in [7, 11) is 0. The molecule has 1 fully saturated rings. The van der Waals surface area contributed by atoms with E-state index >= 15 is 0 Å². The molecule has 1 saturated heterocycles. The van der Waals surface area contributed by atoms with Gasteiger partial charge in [0.25, 0.3) is 5.91 Å². The van der Waals surface area contributed by atoms with Gasteiger partial charge in [-0.3, -0.25) is 14.4 Å². The van der Waals surface area contributed by atoms with Crippen molar-refractivity contribution >= 4 is 11.8 Å². The molecule has 1 aromatic carbocycles. The third-order valence-corrected chi connectivity index (χ3v) is 5.32. The van der Waals surface area contributed by atoms with Gasteiger partial charge in [0.15, 0.2) is 5.69 Å². The first kappa shape index (κ1) is 23.5. The molecule has 0 spiro atoms. The SMILES string of the molecule is Cc1cc(=O)c(C(=O)NCCCN2CCCCCC2=O)nn1-c1ccccc1C(F)(F)F. The smallest absolute Gasteiger partial charge is 0.350 e. The molecule has 2 aromatic rings. The van der Waals surface area contributed by atoms with E-state index in [2.05, 4.69) is 10.4 Å². The summed E-state index contributed by atoms with van der Waals surface area (Å²) in [6, 6.07) is 5.91. The van der Waals surface area contributed by atoms with Crippen molar-refractivity contribution < 1.29 is 22.8 Å². The Labute approximate surface area is 183 Å². The molecular formula is C22H25F3N4O3. The second kappa shape index (κ2) is 9.97. The number of halogens is 3. The van der Waals surface area contributed by atoms with Crippen LogP contribution < -0.4 is 10.7 Å². The molecule has 0 unspecified atom stereocenters. The number of para-hydroxylation sites is 1. The van der Waals surface area contributed by atoms with Crippen LogP contribution in [0.5, 0.6) is 0 Å². The molecule has 7 nitrogen and oxygen atoms in total. The van der Waals surface area contributed by atoms with Crippen molar-refractivity contribution in [3.8, 4) is 5.69 Å². The highest BCUT2D eigenvalue weighted by Crippen LogP contribution is 2.33. The lowest BCUT2D eigenvalue weighted by Gasteiger charge is -2.20. The van der Waals surface area contributed by atoms with E-state index in [0.717, 1.165) is 36.1 Å². The molecule has 0 bridgehead atoms. The summed E-state index contributed by atoms with van der Waals surface area (Å²) >= 11 is 0. The van der Waals surface area contributed by atoms with Crippen LogP contribution in [0.2, 0.25) is 0 Å². The van der Waals surface area contributed by atoms with Gasteiger partial charge in [-0.1, -0.05) is 18.6 Å². The molecule has 0 radical (unpaired) electrons. The molecule has 0 atom stereocenters. The first-order valence-corrected chi connectivity index (χ1v) is 10.5. The van der Waals surface area contributed by atoms with Gasteiger partial charge in [-0.05, 0) is 38.3 Å². The van der Waals surface area contributed by atoms with E-state index in [1.165, 1.54) is 25.1 Å². The van der Waals surface area contributed by atoms with Crippen molar-refractivity contribution in [2.24, 2.45) is 0 Å². The summed E-state index contributed by atoms with van der Waals surface area (Å²) in [6.45, 7) is 2.83. The second-order valence-corrected chi connectivity index (χ2v) is 7.73. The summed E-state index contributed by atoms with van der Waals surface area (Å²) < 4.78 is 41.2. The van der Waals surface area contributed by atoms with Gasteiger partial charge >= 0.3 is 6.18 Å². The molecule has 2 heterocycles. The lowest BCUT2D eigenvalue weighted by molar-refractivity contribution is -0.137. The van der Waals surface area contributed by atoms with Gasteiger partial charge in [0, 0.05) is 37.8 Å². The summed E-state index contributed by atoms with van der Waals surface area (Å²) in [5.41, 5.74) is -2.19. The molecule has 10 heteroatoms. The highest BCUT2D eigenvalue weighted by molar-refractivity contribution is 5.92. The molecule has 1 aliphatic heterocycles. The van der Waals surface area contributed by atoms with E-state index in [9.17, 15) is 27.6 Å². The largest absolute Gasteiger partial charge is 0.418 e. The monoisotopic (exact) mass is 450 g/mol. The molecule has 3 rings (SSSR count). The van der Waals surface area contributed by atoms with Crippen molar-refractivity contribution in [3.05, 3.63) is 57.5 Å². The fourth-order valence-electron chi connectivity index (χ4n) is 3.68. The molecule has 1 aromatic heterocycles. The van der Waals surface area contributed by atoms with Gasteiger partial charge in [0.1, 0.15) is 0 Å². The van der Waals surface area contributed by atoms with Crippen LogP contribution >= 0.6 is 0 Å². The maximum absolute atomic E-state index is 13.4. The Balaban J connectivity index is 1.73. The van der Waals surface area contributed by atoms with Crippen LogP contribution in [-0.2, 0) is 11.0 Å². The van der Waals surface area contributed by atoms with Crippen LogP contribution in [-0.4, -0.2) is 46.1 Å². The third-order valence-electron chi connectivity index (χ3n) is 5.32. The Morgan fingerprint density at radius 3 is 2.66 bits per heavy atom. The maximum atomic E-state index is 13.4. The number of benzene rings is 1. The zero-order valence-electron chi connectivity index (χ0n) is 17.7. The minimum Gasteiger partial charge on any atom is -0.350 e. The number of carbonyl (C=O) groups excluding carboxylic acids is 2. The standard InChI is InChI=1S/C22H25F3N4O3/c1-15-14-18(30)20(27-29(15)17-9-5-4-8-16(17)22(23,24)25)21(32)26-11-7-13-28-12-6-2-3-10-19(28)31/h4-5,8-9,14H,2-3,6-7,10-13H2,1H3,(H,26,32). The highest BCUT2D eigenvalue weighted by atomic mass is 19.4. The Morgan fingerprint density at radius 1 is 1.16 bits per heavy atom. The minimum absolute atomic E-state index is 0.0974. The quantitative estimate of drug-likeness (QED) is 0.686. The molecule has 172 valence electrons. The van der Waals surface area contributed by atoms with E-state index in [4.69, 9.17) is 0 Å². The molecular weight excluding hydrogens is 425 g/mol. The van der Waals surface area contributed by atoms with Crippen molar-refractivity contribution in [3.63, 3.8) is 0 Å². The summed E-state index contributed by atoms with van der Waals surface area (Å²) in [6.07, 6.45) is -0.755. The summed E-state index contributed by atoms with van der Waals surface area (Å²) in [4.78, 5) is 38.6. The number of hydrogen-bond donors (Lipinski definition) is 1. The normalized spacial score (nSPS) is 14.9. The first-order valence-electron chi connectivity index (χ1n) is 10.5. The van der Waals surface area contributed by atoms with Gasteiger partial charge in [0.2, 0.25) is 11.3 Å². The number of aromatic nitrogens is 2. The van der Waals surface area contributed by atoms with Crippen LogP contribution in [0.1, 0.15) is 53.8 Å². The molecule has 1 N–H and O–H groups in total. The zero-order valence-corrected chi connectivity index (χ0v) is 17.7. The van der Waals surface area contributed by atoms with Crippen molar-refractivity contribution in [2.45, 2.75) is 45.2 Å². The van der Waals surface area contributed by atoms with E-state index in [1.54, 1.807) is 4.90 Å². The van der Waals surface area contributed by atoms with E-state index in [1.807, 2.05) is 0 Å². The Bertz CT molecular complexity index is 1050. The van der Waals surface area contributed by atoms with Gasteiger partial charge in [-0.2, -0.15) is 18.3 Å². The minimum atomic E-state index is -4.62. The van der Waals surface area contributed by atoms with E-state index < -0.39 is 28.8 Å². The van der Waals surface area contributed by atoms with Crippen molar-refractivity contribution in [1.82, 2.24) is 20.0 Å². The van der Waals surface area contributed by atoms with Crippen molar-refractivity contribution in [1.29, 1.82) is 0 Å². The number of hydrogen-bond acceptors (Lipinski definition) is 4. The Kier molecular flexibility index (Phi) is 7.32. The van der Waals surface area contributed by atoms with E-state index in [0.29, 0.717) is 25.9 Å². The lowest BCUT2D eigenvalue weighted by Crippen LogP contribution is -2.36. The summed E-state index contributed by atoms with van der Waals surface area (Å²) in [5, 5.41) is 6.51. The van der Waals surface area contributed by atoms with Crippen LogP contribution in [0.25, 0.3) is 5.69 Å². The molecule has 2 amide bonds. The number of aryl methyl sites for hydroxylation is 1. The number of amides is 2. The number of nitrogens with zero attached hydrogens (tertiary/aromatic N) is 3. The third kappa shape index (κ3) is 5.54. The average Bonchev–Trinajstić information content (AvgIpc) is 2.94. The fraction of sp³-hybridized carbons (Fsp3) is 0.455. The summed E-state index contributed by atoms with van der Waals surface area (Å²) in [5.74, 6) is -0.671. The zero-order chi connectivity index (χ0) is 23.3. The number of likely N-dealkylation sites (tertiary alicyclic amines) is 1. The van der Waals surface area contributed by atoms with Crippen molar-refractivity contribution in [2.75, 3.05) is 19.6 Å². The Morgan fingerprint density at radius 2 is 1.91 bits per heavy atom. The predicted octanol–water partition coefficient (Wildman–Crippen LogP) is 3.08. The maximum Gasteiger partial charge on any atom is 0.418 e. The highest BCUT2D eigenvalue weighted by Gasteiger charge is 2.34.